The molecule has 4 nitrogen and oxygen atoms in total. The van der Waals surface area contributed by atoms with Gasteiger partial charge in [-0.1, -0.05) is 29.8 Å². The third kappa shape index (κ3) is 4.28. The van der Waals surface area contributed by atoms with Crippen LogP contribution < -0.4 is 10.1 Å². The van der Waals surface area contributed by atoms with Gasteiger partial charge in [0.25, 0.3) is 0 Å². The molecule has 1 N–H and O–H groups in total. The fourth-order valence-corrected chi connectivity index (χ4v) is 3.09. The molecule has 0 radical (unpaired) electrons. The van der Waals surface area contributed by atoms with E-state index >= 15 is 0 Å². The summed E-state index contributed by atoms with van der Waals surface area (Å²) in [7, 11) is 2.04. The second-order valence-corrected chi connectivity index (χ2v) is 6.58. The van der Waals surface area contributed by atoms with E-state index in [4.69, 9.17) is 16.3 Å². The number of carbonyl (C=O) groups excluding carboxylic acids is 1. The van der Waals surface area contributed by atoms with Crippen molar-refractivity contribution in [3.8, 4) is 11.5 Å². The van der Waals surface area contributed by atoms with Crippen LogP contribution in [-0.4, -0.2) is 30.9 Å². The zero-order chi connectivity index (χ0) is 16.9. The van der Waals surface area contributed by atoms with Crippen molar-refractivity contribution in [1.29, 1.82) is 0 Å². The molecule has 1 saturated heterocycles. The van der Waals surface area contributed by atoms with Gasteiger partial charge in [-0.05, 0) is 56.8 Å². The van der Waals surface area contributed by atoms with Crippen LogP contribution in [0.2, 0.25) is 5.02 Å². The number of amides is 1. The molecule has 1 atom stereocenters. The summed E-state index contributed by atoms with van der Waals surface area (Å²) >= 11 is 6.10. The molecule has 0 unspecified atom stereocenters. The van der Waals surface area contributed by atoms with Crippen molar-refractivity contribution in [1.82, 2.24) is 4.90 Å². The van der Waals surface area contributed by atoms with E-state index in [1.54, 1.807) is 18.2 Å². The Morgan fingerprint density at radius 3 is 2.79 bits per heavy atom. The number of benzene rings is 2. The lowest BCUT2D eigenvalue weighted by molar-refractivity contribution is -0.121. The van der Waals surface area contributed by atoms with Gasteiger partial charge in [0.2, 0.25) is 5.91 Å². The Bertz CT molecular complexity index is 706. The van der Waals surface area contributed by atoms with E-state index in [1.807, 2.05) is 37.4 Å². The summed E-state index contributed by atoms with van der Waals surface area (Å²) < 4.78 is 5.89. The summed E-state index contributed by atoms with van der Waals surface area (Å²) in [5.74, 6) is 1.31. The van der Waals surface area contributed by atoms with E-state index < -0.39 is 0 Å². The number of piperidine rings is 1. The van der Waals surface area contributed by atoms with E-state index in [0.717, 1.165) is 25.9 Å². The Morgan fingerprint density at radius 1 is 1.25 bits per heavy atom. The van der Waals surface area contributed by atoms with Crippen LogP contribution >= 0.6 is 11.6 Å². The predicted molar refractivity (Wildman–Crippen MR) is 96.8 cm³/mol. The van der Waals surface area contributed by atoms with Crippen LogP contribution in [-0.2, 0) is 4.79 Å². The number of hydrogen-bond donors (Lipinski definition) is 1. The van der Waals surface area contributed by atoms with E-state index in [9.17, 15) is 4.79 Å². The number of rotatable bonds is 4. The highest BCUT2D eigenvalue weighted by Gasteiger charge is 2.24. The van der Waals surface area contributed by atoms with Gasteiger partial charge in [-0.15, -0.1) is 0 Å². The average Bonchev–Trinajstić information content (AvgIpc) is 2.58. The van der Waals surface area contributed by atoms with Crippen molar-refractivity contribution < 1.29 is 9.53 Å². The number of anilines is 1. The first-order chi connectivity index (χ1) is 11.6. The van der Waals surface area contributed by atoms with Gasteiger partial charge in [0.15, 0.2) is 5.75 Å². The molecular formula is C19H21ClN2O2. The lowest BCUT2D eigenvalue weighted by Crippen LogP contribution is -2.38. The van der Waals surface area contributed by atoms with Crippen LogP contribution in [0.25, 0.3) is 0 Å². The molecule has 0 aliphatic carbocycles. The van der Waals surface area contributed by atoms with E-state index in [-0.39, 0.29) is 11.8 Å². The fourth-order valence-electron chi connectivity index (χ4n) is 2.92. The third-order valence-electron chi connectivity index (χ3n) is 4.17. The molecule has 0 saturated carbocycles. The van der Waals surface area contributed by atoms with Gasteiger partial charge in [0, 0.05) is 11.6 Å². The van der Waals surface area contributed by atoms with Gasteiger partial charge >= 0.3 is 0 Å². The van der Waals surface area contributed by atoms with Gasteiger partial charge in [-0.25, -0.2) is 0 Å². The quantitative estimate of drug-likeness (QED) is 0.893. The fraction of sp³-hybridized carbons (Fsp3) is 0.316. The van der Waals surface area contributed by atoms with Crippen LogP contribution in [0.5, 0.6) is 11.5 Å². The molecule has 1 amide bonds. The monoisotopic (exact) mass is 344 g/mol. The third-order valence-corrected chi connectivity index (χ3v) is 4.40. The Balaban J connectivity index is 1.76. The van der Waals surface area contributed by atoms with Crippen molar-refractivity contribution in [2.75, 3.05) is 25.5 Å². The molecule has 2 aromatic carbocycles. The van der Waals surface area contributed by atoms with Crippen LogP contribution in [0.4, 0.5) is 5.69 Å². The molecule has 5 heteroatoms. The standard InChI is InChI=1S/C19H21ClN2O2/c1-22-11-5-6-14(13-22)19(23)21-17-12-15(20)9-10-18(17)24-16-7-3-2-4-8-16/h2-4,7-10,12,14H,5-6,11,13H2,1H3,(H,21,23)/t14-/m1/s1. The highest BCUT2D eigenvalue weighted by Crippen LogP contribution is 2.32. The highest BCUT2D eigenvalue weighted by atomic mass is 35.5. The number of halogens is 1. The zero-order valence-electron chi connectivity index (χ0n) is 13.7. The lowest BCUT2D eigenvalue weighted by Gasteiger charge is -2.28. The number of nitrogens with one attached hydrogen (secondary N) is 1. The lowest BCUT2D eigenvalue weighted by atomic mass is 9.97. The summed E-state index contributed by atoms with van der Waals surface area (Å²) in [5.41, 5.74) is 0.601. The van der Waals surface area contributed by atoms with Gasteiger partial charge in [0.1, 0.15) is 5.75 Å². The van der Waals surface area contributed by atoms with E-state index in [0.29, 0.717) is 22.2 Å². The van der Waals surface area contributed by atoms with Crippen LogP contribution in [0.1, 0.15) is 12.8 Å². The maximum atomic E-state index is 12.6. The summed E-state index contributed by atoms with van der Waals surface area (Å²) in [6.07, 6.45) is 1.95. The predicted octanol–water partition coefficient (Wildman–Crippen LogP) is 4.41. The zero-order valence-corrected chi connectivity index (χ0v) is 14.4. The minimum Gasteiger partial charge on any atom is -0.455 e. The van der Waals surface area contributed by atoms with Crippen LogP contribution in [0, 0.1) is 5.92 Å². The smallest absolute Gasteiger partial charge is 0.228 e. The SMILES string of the molecule is CN1CCC[C@@H](C(=O)Nc2cc(Cl)ccc2Oc2ccccc2)C1. The molecule has 2 aromatic rings. The minimum absolute atomic E-state index is 0.00712. The van der Waals surface area contributed by atoms with Crippen LogP contribution in [0.15, 0.2) is 48.5 Å². The Hall–Kier alpha value is -2.04. The summed E-state index contributed by atoms with van der Waals surface area (Å²) in [5, 5.41) is 3.55. The topological polar surface area (TPSA) is 41.6 Å². The number of carbonyl (C=O) groups is 1. The molecule has 1 fully saturated rings. The van der Waals surface area contributed by atoms with Gasteiger partial charge in [-0.2, -0.15) is 0 Å². The largest absolute Gasteiger partial charge is 0.455 e. The van der Waals surface area contributed by atoms with Crippen molar-refractivity contribution in [2.24, 2.45) is 5.92 Å². The highest BCUT2D eigenvalue weighted by molar-refractivity contribution is 6.31. The number of likely N-dealkylation sites (tertiary alicyclic amines) is 1. The number of hydrogen-bond acceptors (Lipinski definition) is 3. The number of nitrogens with zero attached hydrogens (tertiary/aromatic N) is 1. The number of para-hydroxylation sites is 1. The molecule has 24 heavy (non-hydrogen) atoms. The molecule has 0 aromatic heterocycles. The van der Waals surface area contributed by atoms with Gasteiger partial charge < -0.3 is 15.0 Å². The van der Waals surface area contributed by atoms with Crippen molar-refractivity contribution in [3.05, 3.63) is 53.6 Å². The average molecular weight is 345 g/mol. The second kappa shape index (κ2) is 7.69. The maximum absolute atomic E-state index is 12.6. The maximum Gasteiger partial charge on any atom is 0.228 e. The summed E-state index contributed by atoms with van der Waals surface area (Å²) in [6.45, 7) is 1.82. The van der Waals surface area contributed by atoms with Crippen molar-refractivity contribution in [3.63, 3.8) is 0 Å². The summed E-state index contributed by atoms with van der Waals surface area (Å²) in [4.78, 5) is 14.8. The van der Waals surface area contributed by atoms with E-state index in [2.05, 4.69) is 10.2 Å². The summed E-state index contributed by atoms with van der Waals surface area (Å²) in [6, 6.07) is 14.7. The molecule has 1 heterocycles. The molecule has 0 spiro atoms. The normalized spacial score (nSPS) is 18.2. The molecule has 0 bridgehead atoms. The molecule has 1 aliphatic rings. The van der Waals surface area contributed by atoms with Gasteiger partial charge in [0.05, 0.1) is 11.6 Å². The first-order valence-corrected chi connectivity index (χ1v) is 8.51. The molecule has 1 aliphatic heterocycles. The van der Waals surface area contributed by atoms with Crippen molar-refractivity contribution in [2.45, 2.75) is 12.8 Å². The van der Waals surface area contributed by atoms with Gasteiger partial charge in [-0.3, -0.25) is 4.79 Å². The second-order valence-electron chi connectivity index (χ2n) is 6.15. The Labute approximate surface area is 147 Å². The minimum atomic E-state index is -0.00712. The molecular weight excluding hydrogens is 324 g/mol. The van der Waals surface area contributed by atoms with Crippen molar-refractivity contribution >= 4 is 23.2 Å². The molecule has 3 rings (SSSR count). The first kappa shape index (κ1) is 16.8. The Kier molecular flexibility index (Phi) is 5.38. The number of ether oxygens (including phenoxy) is 1. The molecule has 126 valence electrons. The Morgan fingerprint density at radius 2 is 2.04 bits per heavy atom. The first-order valence-electron chi connectivity index (χ1n) is 8.13. The van der Waals surface area contributed by atoms with E-state index in [1.165, 1.54) is 0 Å². The van der Waals surface area contributed by atoms with Crippen LogP contribution in [0.3, 0.4) is 0 Å².